The van der Waals surface area contributed by atoms with Crippen LogP contribution in [-0.4, -0.2) is 75.9 Å². The smallest absolute Gasteiger partial charge is 0.406 e. The van der Waals surface area contributed by atoms with E-state index in [1.165, 1.54) is 19.2 Å². The summed E-state index contributed by atoms with van der Waals surface area (Å²) in [5.74, 6) is -4.18. The van der Waals surface area contributed by atoms with Gasteiger partial charge in [0.15, 0.2) is 0 Å². The molecule has 1 heterocycles. The Labute approximate surface area is 227 Å². The quantitative estimate of drug-likeness (QED) is 0.272. The highest BCUT2D eigenvalue weighted by molar-refractivity contribution is 5.74. The number of carbonyl (C=O) groups is 2. The number of hydrogen-bond acceptors (Lipinski definition) is 5. The van der Waals surface area contributed by atoms with Crippen molar-refractivity contribution in [1.29, 1.82) is 0 Å². The number of benzene rings is 1. The highest BCUT2D eigenvalue weighted by Crippen LogP contribution is 2.38. The predicted octanol–water partition coefficient (Wildman–Crippen LogP) is 4.60. The van der Waals surface area contributed by atoms with Gasteiger partial charge in [0.2, 0.25) is 5.92 Å². The van der Waals surface area contributed by atoms with Crippen molar-refractivity contribution in [2.24, 2.45) is 11.8 Å². The Bertz CT molecular complexity index is 924. The van der Waals surface area contributed by atoms with E-state index in [1.54, 1.807) is 11.9 Å². The highest BCUT2D eigenvalue weighted by Gasteiger charge is 2.36. The average molecular weight is 561 g/mol. The summed E-state index contributed by atoms with van der Waals surface area (Å²) in [6.07, 6.45) is 1.25. The van der Waals surface area contributed by atoms with Crippen LogP contribution >= 0.6 is 0 Å². The number of amides is 3. The fourth-order valence-electron chi connectivity index (χ4n) is 5.54. The van der Waals surface area contributed by atoms with Gasteiger partial charge in [0.05, 0.1) is 19.8 Å². The van der Waals surface area contributed by atoms with Crippen LogP contribution in [0.25, 0.3) is 0 Å². The number of ether oxygens (including phenoxy) is 2. The van der Waals surface area contributed by atoms with Gasteiger partial charge < -0.3 is 30.3 Å². The summed E-state index contributed by atoms with van der Waals surface area (Å²) in [7, 11) is 3.02. The Balaban J connectivity index is 1.64. The summed E-state index contributed by atoms with van der Waals surface area (Å²) >= 11 is 0. The summed E-state index contributed by atoms with van der Waals surface area (Å²) < 4.78 is 65.8. The van der Waals surface area contributed by atoms with Crippen molar-refractivity contribution < 1.29 is 36.6 Å². The maximum absolute atomic E-state index is 14.1. The number of alkyl carbamates (subject to hydrolysis) is 1. The van der Waals surface area contributed by atoms with Gasteiger partial charge in [0.1, 0.15) is 11.6 Å². The lowest BCUT2D eigenvalue weighted by Crippen LogP contribution is -2.52. The molecule has 3 N–H and O–H groups in total. The number of halogens is 4. The third-order valence-electron chi connectivity index (χ3n) is 7.47. The second kappa shape index (κ2) is 14.7. The Morgan fingerprint density at radius 2 is 1.82 bits per heavy atom. The van der Waals surface area contributed by atoms with E-state index in [0.29, 0.717) is 57.3 Å². The van der Waals surface area contributed by atoms with Gasteiger partial charge in [-0.2, -0.15) is 0 Å². The molecular formula is C27H40F4N4O4. The van der Waals surface area contributed by atoms with Crippen LogP contribution in [0.4, 0.5) is 27.2 Å². The molecule has 0 radical (unpaired) electrons. The number of nitrogens with one attached hydrogen (secondary N) is 3. The zero-order valence-electron chi connectivity index (χ0n) is 22.6. The molecule has 3 amide bonds. The maximum Gasteiger partial charge on any atom is 0.406 e. The van der Waals surface area contributed by atoms with Crippen molar-refractivity contribution in [2.75, 3.05) is 46.9 Å². The number of hydrogen-bond donors (Lipinski definition) is 3. The van der Waals surface area contributed by atoms with Crippen LogP contribution in [0.15, 0.2) is 18.2 Å². The Hall–Kier alpha value is -2.60. The molecule has 3 atom stereocenters. The van der Waals surface area contributed by atoms with E-state index >= 15 is 0 Å². The number of methoxy groups -OCH3 is 1. The van der Waals surface area contributed by atoms with Gasteiger partial charge in [-0.3, -0.25) is 0 Å². The average Bonchev–Trinajstić information content (AvgIpc) is 2.89. The molecule has 8 nitrogen and oxygen atoms in total. The lowest BCUT2D eigenvalue weighted by atomic mass is 9.83. The monoisotopic (exact) mass is 560 g/mol. The Morgan fingerprint density at radius 3 is 2.46 bits per heavy atom. The number of urea groups is 1. The second-order valence-electron chi connectivity index (χ2n) is 10.5. The zero-order chi connectivity index (χ0) is 28.4. The molecule has 1 aromatic carbocycles. The van der Waals surface area contributed by atoms with Crippen LogP contribution in [0.1, 0.15) is 56.6 Å². The lowest BCUT2D eigenvalue weighted by Gasteiger charge is -2.38. The fraction of sp³-hybridized carbons (Fsp3) is 0.704. The fourth-order valence-corrected chi connectivity index (χ4v) is 5.54. The Kier molecular flexibility index (Phi) is 11.7. The maximum atomic E-state index is 14.1. The minimum atomic E-state index is -2.60. The summed E-state index contributed by atoms with van der Waals surface area (Å²) in [6.45, 7) is 1.54. The molecule has 0 spiro atoms. The molecule has 2 fully saturated rings. The van der Waals surface area contributed by atoms with Crippen molar-refractivity contribution in [2.45, 2.75) is 63.0 Å². The summed E-state index contributed by atoms with van der Waals surface area (Å²) in [4.78, 5) is 26.3. The van der Waals surface area contributed by atoms with E-state index in [0.717, 1.165) is 6.07 Å². The van der Waals surface area contributed by atoms with Crippen LogP contribution in [0.3, 0.4) is 0 Å². The predicted molar refractivity (Wildman–Crippen MR) is 138 cm³/mol. The van der Waals surface area contributed by atoms with Crippen molar-refractivity contribution in [3.8, 4) is 0 Å². The van der Waals surface area contributed by atoms with Gasteiger partial charge in [0, 0.05) is 57.0 Å². The molecule has 39 heavy (non-hydrogen) atoms. The van der Waals surface area contributed by atoms with E-state index in [4.69, 9.17) is 4.74 Å². The molecule has 1 aliphatic carbocycles. The number of alkyl halides is 2. The Morgan fingerprint density at radius 1 is 1.13 bits per heavy atom. The van der Waals surface area contributed by atoms with E-state index < -0.39 is 29.8 Å². The van der Waals surface area contributed by atoms with Gasteiger partial charge in [0.25, 0.3) is 0 Å². The molecule has 0 unspecified atom stereocenters. The second-order valence-corrected chi connectivity index (χ2v) is 10.5. The molecule has 0 bridgehead atoms. The van der Waals surface area contributed by atoms with Crippen molar-refractivity contribution in [1.82, 2.24) is 20.9 Å². The zero-order valence-corrected chi connectivity index (χ0v) is 22.6. The van der Waals surface area contributed by atoms with Gasteiger partial charge >= 0.3 is 12.1 Å². The minimum Gasteiger partial charge on any atom is -0.453 e. The molecule has 1 saturated heterocycles. The first-order valence-electron chi connectivity index (χ1n) is 13.6. The number of rotatable bonds is 11. The van der Waals surface area contributed by atoms with E-state index in [1.807, 2.05) is 0 Å². The largest absolute Gasteiger partial charge is 0.453 e. The molecule has 3 rings (SSSR count). The number of likely N-dealkylation sites (N-methyl/N-ethyl adjacent to an activating group) is 1. The normalized spacial score (nSPS) is 21.2. The number of piperidine rings is 1. The summed E-state index contributed by atoms with van der Waals surface area (Å²) in [5, 5.41) is 8.64. The minimum absolute atomic E-state index is 0.0747. The standard InChI is InChI=1S/C27H40F4N4O4/c1-32-16-23(12-18-5-7-27(30,31)8-6-18)34-25(36)35-10-3-4-19(17-35)24(39-11-9-33-26(37)38-2)20-13-21(28)15-22(29)14-20/h13-15,18-19,23-24,32H,3-12,16-17H2,1-2H3,(H,33,37)(H,34,36)/t19-,23+,24-/m1/s1. The van der Waals surface area contributed by atoms with Crippen LogP contribution < -0.4 is 16.0 Å². The topological polar surface area (TPSA) is 91.9 Å². The van der Waals surface area contributed by atoms with Gasteiger partial charge in [-0.1, -0.05) is 0 Å². The molecular weight excluding hydrogens is 520 g/mol. The van der Waals surface area contributed by atoms with Crippen LogP contribution in [0.2, 0.25) is 0 Å². The van der Waals surface area contributed by atoms with E-state index in [9.17, 15) is 27.2 Å². The molecule has 1 aromatic rings. The first-order valence-corrected chi connectivity index (χ1v) is 13.6. The lowest BCUT2D eigenvalue weighted by molar-refractivity contribution is -0.0473. The van der Waals surface area contributed by atoms with E-state index in [-0.39, 0.29) is 49.9 Å². The molecule has 1 saturated carbocycles. The third kappa shape index (κ3) is 9.82. The van der Waals surface area contributed by atoms with Crippen molar-refractivity contribution in [3.05, 3.63) is 35.4 Å². The van der Waals surface area contributed by atoms with Crippen LogP contribution in [0.5, 0.6) is 0 Å². The molecule has 0 aromatic heterocycles. The van der Waals surface area contributed by atoms with Crippen LogP contribution in [-0.2, 0) is 9.47 Å². The van der Waals surface area contributed by atoms with Crippen LogP contribution in [0, 0.1) is 23.5 Å². The number of likely N-dealkylation sites (tertiary alicyclic amines) is 1. The molecule has 2 aliphatic rings. The summed E-state index contributed by atoms with van der Waals surface area (Å²) in [6, 6.07) is 2.75. The van der Waals surface area contributed by atoms with Gasteiger partial charge in [-0.15, -0.1) is 0 Å². The first-order chi connectivity index (χ1) is 18.6. The van der Waals surface area contributed by atoms with Gasteiger partial charge in [-0.25, -0.2) is 27.2 Å². The number of carbonyl (C=O) groups excluding carboxylic acids is 2. The SMILES string of the molecule is CNC[C@H](CC1CCC(F)(F)CC1)NC(=O)N1CCC[C@@H]([C@@H](OCCNC(=O)OC)c2cc(F)cc(F)c2)C1. The van der Waals surface area contributed by atoms with E-state index in [2.05, 4.69) is 20.7 Å². The first kappa shape index (κ1) is 30.9. The van der Waals surface area contributed by atoms with Crippen molar-refractivity contribution in [3.63, 3.8) is 0 Å². The molecule has 1 aliphatic heterocycles. The third-order valence-corrected chi connectivity index (χ3v) is 7.47. The van der Waals surface area contributed by atoms with Gasteiger partial charge in [-0.05, 0) is 62.8 Å². The van der Waals surface area contributed by atoms with Crippen molar-refractivity contribution >= 4 is 12.1 Å². The number of nitrogens with zero attached hydrogens (tertiary/aromatic N) is 1. The molecule has 220 valence electrons. The summed E-state index contributed by atoms with van der Waals surface area (Å²) in [5.41, 5.74) is 0.319. The highest BCUT2D eigenvalue weighted by atomic mass is 19.3. The molecule has 12 heteroatoms.